The van der Waals surface area contributed by atoms with Crippen molar-refractivity contribution in [2.24, 2.45) is 11.5 Å². The van der Waals surface area contributed by atoms with E-state index in [9.17, 15) is 19.2 Å². The molecular formula is C25H21N5O4S. The van der Waals surface area contributed by atoms with E-state index >= 15 is 0 Å². The number of nitrogens with one attached hydrogen (secondary N) is 1. The summed E-state index contributed by atoms with van der Waals surface area (Å²) in [5.41, 5.74) is 12.1. The second kappa shape index (κ2) is 10.2. The number of amides is 3. The molecule has 3 amide bonds. The molecule has 176 valence electrons. The van der Waals surface area contributed by atoms with Crippen molar-refractivity contribution in [2.45, 2.75) is 11.7 Å². The van der Waals surface area contributed by atoms with Crippen molar-refractivity contribution >= 4 is 46.1 Å². The minimum atomic E-state index is -0.761. The minimum absolute atomic E-state index is 0.0390. The molecule has 0 bridgehead atoms. The van der Waals surface area contributed by atoms with E-state index in [1.165, 1.54) is 22.8 Å². The first-order valence-electron chi connectivity index (χ1n) is 10.5. The molecule has 1 aromatic heterocycles. The number of rotatable bonds is 8. The number of carbonyl (C=O) groups is 3. The highest BCUT2D eigenvalue weighted by atomic mass is 32.2. The summed E-state index contributed by atoms with van der Waals surface area (Å²) in [6.45, 7) is 0.296. The average Bonchev–Trinajstić information content (AvgIpc) is 2.85. The van der Waals surface area contributed by atoms with Gasteiger partial charge < -0.3 is 16.8 Å². The van der Waals surface area contributed by atoms with E-state index in [2.05, 4.69) is 10.3 Å². The normalized spacial score (nSPS) is 10.7. The van der Waals surface area contributed by atoms with Gasteiger partial charge in [-0.25, -0.2) is 4.98 Å². The van der Waals surface area contributed by atoms with Gasteiger partial charge in [-0.2, -0.15) is 0 Å². The standard InChI is InChI=1S/C25H21N5O4S/c26-22(32)16-10-17(23(27)33)12-18(11-16)28-21(31)14-35-25-29-20-9-5-4-8-19(20)24(34)30(25)13-15-6-2-1-3-7-15/h1-12H,13-14H2,(H2,26,32)(H2,27,33)(H,28,31). The minimum Gasteiger partial charge on any atom is -0.366 e. The number of hydrogen-bond donors (Lipinski definition) is 3. The zero-order valence-electron chi connectivity index (χ0n) is 18.4. The Morgan fingerprint density at radius 2 is 1.51 bits per heavy atom. The highest BCUT2D eigenvalue weighted by molar-refractivity contribution is 7.99. The second-order valence-electron chi connectivity index (χ2n) is 7.65. The summed E-state index contributed by atoms with van der Waals surface area (Å²) in [7, 11) is 0. The smallest absolute Gasteiger partial charge is 0.262 e. The molecule has 0 aliphatic heterocycles. The number of aromatic nitrogens is 2. The van der Waals surface area contributed by atoms with Crippen LogP contribution in [0.3, 0.4) is 0 Å². The Kier molecular flexibility index (Phi) is 6.93. The Balaban J connectivity index is 1.60. The van der Waals surface area contributed by atoms with Gasteiger partial charge in [0.15, 0.2) is 5.16 Å². The maximum Gasteiger partial charge on any atom is 0.262 e. The van der Waals surface area contributed by atoms with E-state index in [-0.39, 0.29) is 28.1 Å². The molecule has 35 heavy (non-hydrogen) atoms. The zero-order valence-corrected chi connectivity index (χ0v) is 19.2. The van der Waals surface area contributed by atoms with Gasteiger partial charge in [-0.05, 0) is 35.9 Å². The molecule has 0 atom stereocenters. The number of anilines is 1. The van der Waals surface area contributed by atoms with Gasteiger partial charge >= 0.3 is 0 Å². The molecule has 1 heterocycles. The predicted octanol–water partition coefficient (Wildman–Crippen LogP) is 2.37. The lowest BCUT2D eigenvalue weighted by molar-refractivity contribution is -0.113. The van der Waals surface area contributed by atoms with E-state index in [1.807, 2.05) is 30.3 Å². The first-order valence-corrected chi connectivity index (χ1v) is 11.5. The van der Waals surface area contributed by atoms with Gasteiger partial charge in [-0.1, -0.05) is 54.2 Å². The Morgan fingerprint density at radius 1 is 0.886 bits per heavy atom. The summed E-state index contributed by atoms with van der Waals surface area (Å²) >= 11 is 1.10. The van der Waals surface area contributed by atoms with Crippen molar-refractivity contribution in [2.75, 3.05) is 11.1 Å². The van der Waals surface area contributed by atoms with Crippen LogP contribution >= 0.6 is 11.8 Å². The second-order valence-corrected chi connectivity index (χ2v) is 8.60. The number of thioether (sulfide) groups is 1. The van der Waals surface area contributed by atoms with Crippen molar-refractivity contribution in [1.82, 2.24) is 9.55 Å². The van der Waals surface area contributed by atoms with Gasteiger partial charge in [-0.3, -0.25) is 23.7 Å². The van der Waals surface area contributed by atoms with Crippen LogP contribution in [-0.2, 0) is 11.3 Å². The van der Waals surface area contributed by atoms with E-state index in [4.69, 9.17) is 11.5 Å². The molecular weight excluding hydrogens is 466 g/mol. The van der Waals surface area contributed by atoms with E-state index in [0.29, 0.717) is 22.6 Å². The fourth-order valence-electron chi connectivity index (χ4n) is 3.47. The number of hydrogen-bond acceptors (Lipinski definition) is 6. The predicted molar refractivity (Wildman–Crippen MR) is 134 cm³/mol. The zero-order chi connectivity index (χ0) is 24.9. The monoisotopic (exact) mass is 487 g/mol. The first kappa shape index (κ1) is 23.7. The molecule has 0 saturated carbocycles. The number of benzene rings is 3. The van der Waals surface area contributed by atoms with Crippen LogP contribution in [0.15, 0.2) is 82.7 Å². The van der Waals surface area contributed by atoms with Gasteiger partial charge in [0.25, 0.3) is 5.56 Å². The lowest BCUT2D eigenvalue weighted by atomic mass is 10.1. The maximum absolute atomic E-state index is 13.2. The van der Waals surface area contributed by atoms with Crippen molar-refractivity contribution in [3.05, 3.63) is 99.8 Å². The van der Waals surface area contributed by atoms with Crippen LogP contribution in [0.1, 0.15) is 26.3 Å². The van der Waals surface area contributed by atoms with Crippen LogP contribution in [0.5, 0.6) is 0 Å². The number of carbonyl (C=O) groups excluding carboxylic acids is 3. The number of nitrogens with zero attached hydrogens (tertiary/aromatic N) is 2. The molecule has 9 nitrogen and oxygen atoms in total. The highest BCUT2D eigenvalue weighted by Gasteiger charge is 2.15. The van der Waals surface area contributed by atoms with Gasteiger partial charge in [0.1, 0.15) is 0 Å². The van der Waals surface area contributed by atoms with Crippen LogP contribution in [0, 0.1) is 0 Å². The molecule has 0 radical (unpaired) electrons. The number of fused-ring (bicyclic) bond motifs is 1. The molecule has 0 unspecified atom stereocenters. The third-order valence-electron chi connectivity index (χ3n) is 5.13. The molecule has 0 aliphatic carbocycles. The lowest BCUT2D eigenvalue weighted by Crippen LogP contribution is -2.25. The lowest BCUT2D eigenvalue weighted by Gasteiger charge is -2.13. The van der Waals surface area contributed by atoms with Crippen molar-refractivity contribution in [3.63, 3.8) is 0 Å². The number of para-hydroxylation sites is 1. The first-order chi connectivity index (χ1) is 16.8. The van der Waals surface area contributed by atoms with E-state index in [1.54, 1.807) is 24.3 Å². The summed E-state index contributed by atoms with van der Waals surface area (Å²) in [6.07, 6.45) is 0. The van der Waals surface area contributed by atoms with Crippen LogP contribution < -0.4 is 22.3 Å². The number of primary amides is 2. The van der Waals surface area contributed by atoms with Crippen LogP contribution in [-0.4, -0.2) is 33.0 Å². The topological polar surface area (TPSA) is 150 Å². The Labute approximate surface area is 204 Å². The third-order valence-corrected chi connectivity index (χ3v) is 6.10. The highest BCUT2D eigenvalue weighted by Crippen LogP contribution is 2.20. The summed E-state index contributed by atoms with van der Waals surface area (Å²) < 4.78 is 1.54. The van der Waals surface area contributed by atoms with Crippen molar-refractivity contribution in [1.29, 1.82) is 0 Å². The quantitative estimate of drug-likeness (QED) is 0.256. The fourth-order valence-corrected chi connectivity index (χ4v) is 4.27. The summed E-state index contributed by atoms with van der Waals surface area (Å²) in [4.78, 5) is 53.6. The summed E-state index contributed by atoms with van der Waals surface area (Å²) in [6, 6.07) is 20.5. The molecule has 4 rings (SSSR count). The Hall–Kier alpha value is -4.44. The molecule has 5 N–H and O–H groups in total. The van der Waals surface area contributed by atoms with Crippen molar-refractivity contribution in [3.8, 4) is 0 Å². The molecule has 0 spiro atoms. The summed E-state index contributed by atoms with van der Waals surface area (Å²) in [5.74, 6) is -2.03. The Morgan fingerprint density at radius 3 is 2.17 bits per heavy atom. The largest absolute Gasteiger partial charge is 0.366 e. The SMILES string of the molecule is NC(=O)c1cc(NC(=O)CSc2nc3ccccc3c(=O)n2Cc2ccccc2)cc(C(N)=O)c1. The molecule has 3 aromatic carbocycles. The van der Waals surface area contributed by atoms with E-state index < -0.39 is 17.7 Å². The van der Waals surface area contributed by atoms with Crippen molar-refractivity contribution < 1.29 is 14.4 Å². The van der Waals surface area contributed by atoms with Gasteiger partial charge in [0.2, 0.25) is 17.7 Å². The van der Waals surface area contributed by atoms with Gasteiger partial charge in [0.05, 0.1) is 23.2 Å². The molecule has 10 heteroatoms. The fraction of sp³-hybridized carbons (Fsp3) is 0.0800. The van der Waals surface area contributed by atoms with Crippen LogP contribution in [0.2, 0.25) is 0 Å². The summed E-state index contributed by atoms with van der Waals surface area (Å²) in [5, 5.41) is 3.50. The van der Waals surface area contributed by atoms with Crippen LogP contribution in [0.25, 0.3) is 10.9 Å². The molecule has 4 aromatic rings. The molecule has 0 aliphatic rings. The van der Waals surface area contributed by atoms with Gasteiger partial charge in [0, 0.05) is 16.8 Å². The molecule has 0 fully saturated rings. The molecule has 0 saturated heterocycles. The van der Waals surface area contributed by atoms with Crippen LogP contribution in [0.4, 0.5) is 5.69 Å². The Bertz CT molecular complexity index is 1470. The average molecular weight is 488 g/mol. The number of nitrogens with two attached hydrogens (primary N) is 2. The third kappa shape index (κ3) is 5.56. The van der Waals surface area contributed by atoms with Gasteiger partial charge in [-0.15, -0.1) is 0 Å². The maximum atomic E-state index is 13.2. The van der Waals surface area contributed by atoms with E-state index in [0.717, 1.165) is 17.3 Å².